The number of carbonyl (C=O) groups is 1. The van der Waals surface area contributed by atoms with E-state index in [1.54, 1.807) is 4.90 Å². The number of morpholine rings is 1. The highest BCUT2D eigenvalue weighted by Gasteiger charge is 2.21. The largest absolute Gasteiger partial charge is 0.378 e. The van der Waals surface area contributed by atoms with Crippen LogP contribution >= 0.6 is 0 Å². The Labute approximate surface area is 109 Å². The minimum Gasteiger partial charge on any atom is -0.378 e. The Balaban J connectivity index is 2.27. The SMILES string of the molecule is [N-]=[N+]=NCc1ccc(F)cc1C(=O)N1CCOCC1. The maximum absolute atomic E-state index is 13.3. The first-order valence-corrected chi connectivity index (χ1v) is 5.88. The van der Waals surface area contributed by atoms with Crippen molar-refractivity contribution in [2.75, 3.05) is 26.3 Å². The van der Waals surface area contributed by atoms with Gasteiger partial charge in [0.15, 0.2) is 0 Å². The molecular weight excluding hydrogens is 251 g/mol. The van der Waals surface area contributed by atoms with Gasteiger partial charge in [-0.25, -0.2) is 4.39 Å². The van der Waals surface area contributed by atoms with Gasteiger partial charge >= 0.3 is 0 Å². The molecule has 2 rings (SSSR count). The van der Waals surface area contributed by atoms with Gasteiger partial charge in [0, 0.05) is 23.6 Å². The van der Waals surface area contributed by atoms with Gasteiger partial charge in [-0.2, -0.15) is 0 Å². The average Bonchev–Trinajstić information content (AvgIpc) is 2.46. The van der Waals surface area contributed by atoms with Crippen LogP contribution in [0.4, 0.5) is 4.39 Å². The van der Waals surface area contributed by atoms with Gasteiger partial charge in [-0.15, -0.1) is 0 Å². The standard InChI is InChI=1S/C12H13FN4O2/c13-10-2-1-9(8-15-16-14)11(7-10)12(18)17-3-5-19-6-4-17/h1-2,7H,3-6,8H2. The number of carbonyl (C=O) groups excluding carboxylic acids is 1. The van der Waals surface area contributed by atoms with E-state index in [9.17, 15) is 9.18 Å². The number of benzene rings is 1. The van der Waals surface area contributed by atoms with Crippen LogP contribution in [-0.4, -0.2) is 37.1 Å². The number of rotatable bonds is 3. The van der Waals surface area contributed by atoms with Gasteiger partial charge in [-0.05, 0) is 23.2 Å². The van der Waals surface area contributed by atoms with Crippen LogP contribution in [0.2, 0.25) is 0 Å². The van der Waals surface area contributed by atoms with Crippen LogP contribution in [-0.2, 0) is 11.3 Å². The van der Waals surface area contributed by atoms with Crippen molar-refractivity contribution in [2.24, 2.45) is 5.11 Å². The first kappa shape index (κ1) is 13.3. The van der Waals surface area contributed by atoms with E-state index >= 15 is 0 Å². The summed E-state index contributed by atoms with van der Waals surface area (Å²) in [6.45, 7) is 1.95. The number of amides is 1. The molecule has 0 bridgehead atoms. The zero-order valence-corrected chi connectivity index (χ0v) is 10.3. The van der Waals surface area contributed by atoms with Crippen molar-refractivity contribution in [1.82, 2.24) is 4.90 Å². The van der Waals surface area contributed by atoms with Gasteiger partial charge in [0.2, 0.25) is 0 Å². The van der Waals surface area contributed by atoms with E-state index in [0.717, 1.165) is 0 Å². The lowest BCUT2D eigenvalue weighted by Crippen LogP contribution is -2.41. The maximum Gasteiger partial charge on any atom is 0.254 e. The van der Waals surface area contributed by atoms with Crippen molar-refractivity contribution in [2.45, 2.75) is 6.54 Å². The molecule has 0 atom stereocenters. The number of ether oxygens (including phenoxy) is 1. The van der Waals surface area contributed by atoms with Gasteiger partial charge in [0.05, 0.1) is 19.8 Å². The Hall–Kier alpha value is -2.11. The van der Waals surface area contributed by atoms with Crippen molar-refractivity contribution < 1.29 is 13.9 Å². The molecule has 0 unspecified atom stereocenters. The predicted octanol–water partition coefficient (Wildman–Crippen LogP) is 2.11. The zero-order valence-electron chi connectivity index (χ0n) is 10.3. The van der Waals surface area contributed by atoms with Crippen LogP contribution in [0.1, 0.15) is 15.9 Å². The van der Waals surface area contributed by atoms with Crippen LogP contribution in [0, 0.1) is 5.82 Å². The molecule has 1 amide bonds. The Kier molecular flexibility index (Phi) is 4.33. The molecule has 0 radical (unpaired) electrons. The van der Waals surface area contributed by atoms with Crippen LogP contribution in [0.5, 0.6) is 0 Å². The normalized spacial score (nSPS) is 14.9. The van der Waals surface area contributed by atoms with Crippen LogP contribution < -0.4 is 0 Å². The summed E-state index contributed by atoms with van der Waals surface area (Å²) in [5.41, 5.74) is 9.10. The van der Waals surface area contributed by atoms with E-state index in [1.807, 2.05) is 0 Å². The summed E-state index contributed by atoms with van der Waals surface area (Å²) >= 11 is 0. The average molecular weight is 264 g/mol. The maximum atomic E-state index is 13.3. The lowest BCUT2D eigenvalue weighted by molar-refractivity contribution is 0.0302. The predicted molar refractivity (Wildman–Crippen MR) is 66.0 cm³/mol. The van der Waals surface area contributed by atoms with Gasteiger partial charge in [0.25, 0.3) is 5.91 Å². The topological polar surface area (TPSA) is 78.3 Å². The molecule has 1 aromatic carbocycles. The molecule has 0 N–H and O–H groups in total. The Morgan fingerprint density at radius 1 is 1.47 bits per heavy atom. The van der Waals surface area contributed by atoms with Crippen molar-refractivity contribution in [3.05, 3.63) is 45.6 Å². The number of azide groups is 1. The van der Waals surface area contributed by atoms with Gasteiger partial charge in [0.1, 0.15) is 5.82 Å². The summed E-state index contributed by atoms with van der Waals surface area (Å²) < 4.78 is 18.5. The fraction of sp³-hybridized carbons (Fsp3) is 0.417. The molecule has 1 saturated heterocycles. The van der Waals surface area contributed by atoms with E-state index in [1.165, 1.54) is 18.2 Å². The van der Waals surface area contributed by atoms with E-state index in [-0.39, 0.29) is 18.0 Å². The number of hydrogen-bond acceptors (Lipinski definition) is 3. The van der Waals surface area contributed by atoms with Gasteiger partial charge in [-0.1, -0.05) is 11.2 Å². The molecule has 6 nitrogen and oxygen atoms in total. The lowest BCUT2D eigenvalue weighted by Gasteiger charge is -2.27. The molecular formula is C12H13FN4O2. The van der Waals surface area contributed by atoms with E-state index < -0.39 is 5.82 Å². The molecule has 19 heavy (non-hydrogen) atoms. The highest BCUT2D eigenvalue weighted by molar-refractivity contribution is 5.95. The first-order valence-electron chi connectivity index (χ1n) is 5.88. The molecule has 100 valence electrons. The van der Waals surface area contributed by atoms with Crippen LogP contribution in [0.25, 0.3) is 10.4 Å². The molecule has 0 aliphatic carbocycles. The monoisotopic (exact) mass is 264 g/mol. The summed E-state index contributed by atoms with van der Waals surface area (Å²) in [7, 11) is 0. The summed E-state index contributed by atoms with van der Waals surface area (Å²) in [5, 5.41) is 3.42. The molecule has 1 aliphatic heterocycles. The van der Waals surface area contributed by atoms with Crippen molar-refractivity contribution in [3.8, 4) is 0 Å². The second kappa shape index (κ2) is 6.17. The van der Waals surface area contributed by atoms with Gasteiger partial charge < -0.3 is 9.64 Å². The molecule has 0 spiro atoms. The summed E-state index contributed by atoms with van der Waals surface area (Å²) in [6, 6.07) is 3.90. The highest BCUT2D eigenvalue weighted by Crippen LogP contribution is 2.16. The van der Waals surface area contributed by atoms with Crippen molar-refractivity contribution in [1.29, 1.82) is 0 Å². The lowest BCUT2D eigenvalue weighted by atomic mass is 10.1. The molecule has 7 heteroatoms. The molecule has 1 aromatic rings. The first-order chi connectivity index (χ1) is 9.22. The smallest absolute Gasteiger partial charge is 0.254 e. The van der Waals surface area contributed by atoms with E-state index in [0.29, 0.717) is 31.9 Å². The van der Waals surface area contributed by atoms with E-state index in [2.05, 4.69) is 10.0 Å². The fourth-order valence-electron chi connectivity index (χ4n) is 1.93. The fourth-order valence-corrected chi connectivity index (χ4v) is 1.93. The Morgan fingerprint density at radius 2 is 2.21 bits per heavy atom. The second-order valence-corrected chi connectivity index (χ2v) is 4.10. The Bertz CT molecular complexity index is 522. The third-order valence-corrected chi connectivity index (χ3v) is 2.90. The highest BCUT2D eigenvalue weighted by atomic mass is 19.1. The molecule has 1 aliphatic rings. The molecule has 0 aromatic heterocycles. The summed E-state index contributed by atoms with van der Waals surface area (Å²) in [5.74, 6) is -0.743. The number of halogens is 1. The van der Waals surface area contributed by atoms with Crippen molar-refractivity contribution >= 4 is 5.91 Å². The molecule has 0 saturated carbocycles. The second-order valence-electron chi connectivity index (χ2n) is 4.10. The summed E-state index contributed by atoms with van der Waals surface area (Å²) in [4.78, 5) is 16.6. The number of nitrogens with zero attached hydrogens (tertiary/aromatic N) is 4. The van der Waals surface area contributed by atoms with Crippen LogP contribution in [0.3, 0.4) is 0 Å². The zero-order chi connectivity index (χ0) is 13.7. The Morgan fingerprint density at radius 3 is 2.89 bits per heavy atom. The van der Waals surface area contributed by atoms with Gasteiger partial charge in [-0.3, -0.25) is 4.79 Å². The quantitative estimate of drug-likeness (QED) is 0.476. The third kappa shape index (κ3) is 3.21. The minimum atomic E-state index is -0.485. The van der Waals surface area contributed by atoms with Crippen molar-refractivity contribution in [3.63, 3.8) is 0 Å². The molecule has 1 fully saturated rings. The van der Waals surface area contributed by atoms with Crippen LogP contribution in [0.15, 0.2) is 23.3 Å². The van der Waals surface area contributed by atoms with E-state index in [4.69, 9.17) is 10.3 Å². The number of hydrogen-bond donors (Lipinski definition) is 0. The summed E-state index contributed by atoms with van der Waals surface area (Å²) in [6.07, 6.45) is 0. The minimum absolute atomic E-state index is 0.0300. The molecule has 1 heterocycles. The third-order valence-electron chi connectivity index (χ3n) is 2.90.